The average molecular weight is 268 g/mol. The predicted molar refractivity (Wildman–Crippen MR) is 67.9 cm³/mol. The first-order chi connectivity index (χ1) is 7.31. The molecule has 1 unspecified atom stereocenters. The Balaban J connectivity index is 2.11. The number of hydrogen-bond donors (Lipinski definition) is 1. The zero-order chi connectivity index (χ0) is 10.7. The van der Waals surface area contributed by atoms with Gasteiger partial charge in [-0.15, -0.1) is 0 Å². The van der Waals surface area contributed by atoms with Crippen molar-refractivity contribution in [1.29, 1.82) is 0 Å². The van der Waals surface area contributed by atoms with E-state index in [1.807, 2.05) is 0 Å². The molecule has 1 atom stereocenters. The van der Waals surface area contributed by atoms with E-state index >= 15 is 0 Å². The SMILES string of the molecule is CCNC(CC1CC1)c1ccccc1Br. The van der Waals surface area contributed by atoms with E-state index in [4.69, 9.17) is 0 Å². The molecule has 1 fully saturated rings. The van der Waals surface area contributed by atoms with Crippen molar-refractivity contribution < 1.29 is 0 Å². The van der Waals surface area contributed by atoms with Crippen molar-refractivity contribution in [2.45, 2.75) is 32.2 Å². The summed E-state index contributed by atoms with van der Waals surface area (Å²) in [4.78, 5) is 0. The van der Waals surface area contributed by atoms with Crippen LogP contribution in [0.3, 0.4) is 0 Å². The number of benzene rings is 1. The van der Waals surface area contributed by atoms with Gasteiger partial charge in [-0.25, -0.2) is 0 Å². The van der Waals surface area contributed by atoms with E-state index in [0.717, 1.165) is 12.5 Å². The van der Waals surface area contributed by atoms with Gasteiger partial charge in [0.2, 0.25) is 0 Å². The van der Waals surface area contributed by atoms with Gasteiger partial charge < -0.3 is 5.32 Å². The fourth-order valence-corrected chi connectivity index (χ4v) is 2.57. The molecule has 1 aliphatic rings. The van der Waals surface area contributed by atoms with Crippen molar-refractivity contribution in [3.8, 4) is 0 Å². The Hall–Kier alpha value is -0.340. The molecular formula is C13H18BrN. The normalized spacial score (nSPS) is 17.7. The summed E-state index contributed by atoms with van der Waals surface area (Å²) in [6, 6.07) is 9.08. The molecule has 1 aromatic carbocycles. The highest BCUT2D eigenvalue weighted by atomic mass is 79.9. The molecule has 0 amide bonds. The van der Waals surface area contributed by atoms with E-state index in [9.17, 15) is 0 Å². The summed E-state index contributed by atoms with van der Waals surface area (Å²) in [5.74, 6) is 0.959. The largest absolute Gasteiger partial charge is 0.310 e. The highest BCUT2D eigenvalue weighted by Crippen LogP contribution is 2.38. The lowest BCUT2D eigenvalue weighted by Crippen LogP contribution is -2.21. The monoisotopic (exact) mass is 267 g/mol. The van der Waals surface area contributed by atoms with Gasteiger partial charge in [0.25, 0.3) is 0 Å². The number of nitrogens with one attached hydrogen (secondary N) is 1. The van der Waals surface area contributed by atoms with Crippen LogP contribution >= 0.6 is 15.9 Å². The molecule has 0 heterocycles. The van der Waals surface area contributed by atoms with Crippen LogP contribution < -0.4 is 5.32 Å². The van der Waals surface area contributed by atoms with Crippen LogP contribution in [0.2, 0.25) is 0 Å². The molecule has 1 nitrogen and oxygen atoms in total. The molecular weight excluding hydrogens is 250 g/mol. The quantitative estimate of drug-likeness (QED) is 0.854. The van der Waals surface area contributed by atoms with E-state index in [1.165, 1.54) is 29.3 Å². The van der Waals surface area contributed by atoms with Gasteiger partial charge in [-0.3, -0.25) is 0 Å². The van der Waals surface area contributed by atoms with Gasteiger partial charge in [-0.1, -0.05) is 53.9 Å². The highest BCUT2D eigenvalue weighted by Gasteiger charge is 2.26. The number of rotatable bonds is 5. The topological polar surface area (TPSA) is 12.0 Å². The van der Waals surface area contributed by atoms with Crippen LogP contribution in [0.1, 0.15) is 37.8 Å². The summed E-state index contributed by atoms with van der Waals surface area (Å²) in [5.41, 5.74) is 1.41. The van der Waals surface area contributed by atoms with E-state index in [2.05, 4.69) is 52.4 Å². The smallest absolute Gasteiger partial charge is 0.0333 e. The maximum atomic E-state index is 3.64. The molecule has 0 bridgehead atoms. The molecule has 0 saturated heterocycles. The van der Waals surface area contributed by atoms with E-state index in [-0.39, 0.29) is 0 Å². The van der Waals surface area contributed by atoms with Crippen LogP contribution in [-0.4, -0.2) is 6.54 Å². The second-order valence-corrected chi connectivity index (χ2v) is 5.17. The summed E-state index contributed by atoms with van der Waals surface area (Å²) in [7, 11) is 0. The third kappa shape index (κ3) is 3.05. The molecule has 82 valence electrons. The molecule has 1 N–H and O–H groups in total. The van der Waals surface area contributed by atoms with Crippen LogP contribution in [0.4, 0.5) is 0 Å². The van der Waals surface area contributed by atoms with Crippen molar-refractivity contribution in [3.63, 3.8) is 0 Å². The first-order valence-electron chi connectivity index (χ1n) is 5.79. The van der Waals surface area contributed by atoms with Crippen LogP contribution in [0.25, 0.3) is 0 Å². The Morgan fingerprint density at radius 3 is 2.73 bits per heavy atom. The van der Waals surface area contributed by atoms with Crippen molar-refractivity contribution >= 4 is 15.9 Å². The maximum absolute atomic E-state index is 3.64. The fourth-order valence-electron chi connectivity index (χ4n) is 2.01. The highest BCUT2D eigenvalue weighted by molar-refractivity contribution is 9.10. The summed E-state index contributed by atoms with van der Waals surface area (Å²) in [6.07, 6.45) is 4.13. The predicted octanol–water partition coefficient (Wildman–Crippen LogP) is 3.90. The minimum Gasteiger partial charge on any atom is -0.310 e. The van der Waals surface area contributed by atoms with Gasteiger partial charge in [0.15, 0.2) is 0 Å². The van der Waals surface area contributed by atoms with Gasteiger partial charge >= 0.3 is 0 Å². The van der Waals surface area contributed by atoms with Crippen LogP contribution in [-0.2, 0) is 0 Å². The molecule has 1 aliphatic carbocycles. The third-order valence-corrected chi connectivity index (χ3v) is 3.72. The van der Waals surface area contributed by atoms with Crippen LogP contribution in [0, 0.1) is 5.92 Å². The molecule has 2 rings (SSSR count). The third-order valence-electron chi connectivity index (χ3n) is 3.00. The number of hydrogen-bond acceptors (Lipinski definition) is 1. The first kappa shape index (κ1) is 11.2. The molecule has 0 aliphatic heterocycles. The van der Waals surface area contributed by atoms with Gasteiger partial charge in [0.1, 0.15) is 0 Å². The Morgan fingerprint density at radius 1 is 1.40 bits per heavy atom. The molecule has 0 aromatic heterocycles. The van der Waals surface area contributed by atoms with E-state index in [1.54, 1.807) is 0 Å². The van der Waals surface area contributed by atoms with Gasteiger partial charge in [0.05, 0.1) is 0 Å². The Morgan fingerprint density at radius 2 is 2.13 bits per heavy atom. The summed E-state index contributed by atoms with van der Waals surface area (Å²) in [6.45, 7) is 3.22. The summed E-state index contributed by atoms with van der Waals surface area (Å²) < 4.78 is 1.23. The Bertz CT molecular complexity index is 320. The Labute approximate surface area is 100 Å². The molecule has 2 heteroatoms. The second-order valence-electron chi connectivity index (χ2n) is 4.31. The second kappa shape index (κ2) is 5.13. The Kier molecular flexibility index (Phi) is 3.81. The van der Waals surface area contributed by atoms with E-state index in [0.29, 0.717) is 6.04 Å². The number of halogens is 1. The van der Waals surface area contributed by atoms with Gasteiger partial charge in [0, 0.05) is 10.5 Å². The van der Waals surface area contributed by atoms with Crippen LogP contribution in [0.5, 0.6) is 0 Å². The molecule has 0 spiro atoms. The van der Waals surface area contributed by atoms with Crippen molar-refractivity contribution in [3.05, 3.63) is 34.3 Å². The zero-order valence-electron chi connectivity index (χ0n) is 9.17. The standard InChI is InChI=1S/C13H18BrN/c1-2-15-13(9-10-7-8-10)11-5-3-4-6-12(11)14/h3-6,10,13,15H,2,7-9H2,1H3. The zero-order valence-corrected chi connectivity index (χ0v) is 10.8. The fraction of sp³-hybridized carbons (Fsp3) is 0.538. The minimum absolute atomic E-state index is 0.526. The lowest BCUT2D eigenvalue weighted by Gasteiger charge is -2.19. The van der Waals surface area contributed by atoms with Crippen molar-refractivity contribution in [2.24, 2.45) is 5.92 Å². The van der Waals surface area contributed by atoms with Crippen LogP contribution in [0.15, 0.2) is 28.7 Å². The lowest BCUT2D eigenvalue weighted by atomic mass is 10.0. The van der Waals surface area contributed by atoms with Crippen molar-refractivity contribution in [2.75, 3.05) is 6.54 Å². The lowest BCUT2D eigenvalue weighted by molar-refractivity contribution is 0.485. The minimum atomic E-state index is 0.526. The molecule has 15 heavy (non-hydrogen) atoms. The summed E-state index contributed by atoms with van der Waals surface area (Å²) >= 11 is 3.64. The molecule has 1 aromatic rings. The average Bonchev–Trinajstić information content (AvgIpc) is 3.02. The molecule has 0 radical (unpaired) electrons. The van der Waals surface area contributed by atoms with Gasteiger partial charge in [-0.05, 0) is 30.5 Å². The van der Waals surface area contributed by atoms with E-state index < -0.39 is 0 Å². The summed E-state index contributed by atoms with van der Waals surface area (Å²) in [5, 5.41) is 3.58. The van der Waals surface area contributed by atoms with Crippen molar-refractivity contribution in [1.82, 2.24) is 5.32 Å². The van der Waals surface area contributed by atoms with Gasteiger partial charge in [-0.2, -0.15) is 0 Å². The molecule has 1 saturated carbocycles. The first-order valence-corrected chi connectivity index (χ1v) is 6.58. The maximum Gasteiger partial charge on any atom is 0.0333 e.